The lowest BCUT2D eigenvalue weighted by atomic mass is 9.98. The van der Waals surface area contributed by atoms with E-state index in [4.69, 9.17) is 4.74 Å². The third-order valence-corrected chi connectivity index (χ3v) is 4.03. The van der Waals surface area contributed by atoms with Crippen LogP contribution in [-0.2, 0) is 4.74 Å². The molecule has 0 radical (unpaired) electrons. The Kier molecular flexibility index (Phi) is 7.18. The molecule has 0 saturated carbocycles. The van der Waals surface area contributed by atoms with Crippen LogP contribution in [0, 0.1) is 11.6 Å². The third kappa shape index (κ3) is 4.38. The number of ether oxygens (including phenoxy) is 1. The monoisotopic (exact) mass is 398 g/mol. The van der Waals surface area contributed by atoms with Crippen molar-refractivity contribution in [1.82, 2.24) is 10.6 Å². The van der Waals surface area contributed by atoms with Crippen LogP contribution in [0.5, 0.6) is 0 Å². The second-order valence-electron chi connectivity index (χ2n) is 5.17. The SMILES string of the molecule is COCC1(CNC(=O)c2c(F)cc(Br)cc2F)CCCN1.Cl. The number of rotatable bonds is 5. The predicted octanol–water partition coefficient (Wildman–Crippen LogP) is 2.65. The van der Waals surface area contributed by atoms with E-state index >= 15 is 0 Å². The van der Waals surface area contributed by atoms with Gasteiger partial charge in [-0.15, -0.1) is 12.4 Å². The quantitative estimate of drug-likeness (QED) is 0.800. The van der Waals surface area contributed by atoms with Gasteiger partial charge in [-0.25, -0.2) is 8.78 Å². The molecule has 1 saturated heterocycles. The summed E-state index contributed by atoms with van der Waals surface area (Å²) in [6.07, 6.45) is 1.81. The van der Waals surface area contributed by atoms with Crippen molar-refractivity contribution in [1.29, 1.82) is 0 Å². The zero-order valence-corrected chi connectivity index (χ0v) is 14.5. The Morgan fingerprint density at radius 1 is 1.45 bits per heavy atom. The number of hydrogen-bond donors (Lipinski definition) is 2. The Balaban J connectivity index is 0.00000242. The molecule has 8 heteroatoms. The van der Waals surface area contributed by atoms with Crippen molar-refractivity contribution in [2.75, 3.05) is 26.8 Å². The zero-order chi connectivity index (χ0) is 15.5. The molecular formula is C14H18BrClF2N2O2. The summed E-state index contributed by atoms with van der Waals surface area (Å²) in [5.41, 5.74) is -0.934. The minimum absolute atomic E-state index is 0. The topological polar surface area (TPSA) is 50.4 Å². The van der Waals surface area contributed by atoms with Crippen LogP contribution < -0.4 is 10.6 Å². The number of carbonyl (C=O) groups excluding carboxylic acids is 1. The molecule has 22 heavy (non-hydrogen) atoms. The Labute approximate surface area is 142 Å². The van der Waals surface area contributed by atoms with E-state index in [0.29, 0.717) is 6.61 Å². The Hall–Kier alpha value is -0.760. The molecule has 1 aromatic carbocycles. The molecular weight excluding hydrogens is 382 g/mol. The molecule has 1 fully saturated rings. The van der Waals surface area contributed by atoms with Gasteiger partial charge in [-0.2, -0.15) is 0 Å². The van der Waals surface area contributed by atoms with E-state index in [1.807, 2.05) is 0 Å². The van der Waals surface area contributed by atoms with E-state index in [0.717, 1.165) is 31.5 Å². The fraction of sp³-hybridized carbons (Fsp3) is 0.500. The number of benzene rings is 1. The smallest absolute Gasteiger partial charge is 0.257 e. The molecule has 0 aliphatic carbocycles. The number of carbonyl (C=O) groups is 1. The van der Waals surface area contributed by atoms with Crippen molar-refractivity contribution in [2.45, 2.75) is 18.4 Å². The molecule has 0 spiro atoms. The van der Waals surface area contributed by atoms with Gasteiger partial charge in [0.05, 0.1) is 12.1 Å². The first-order valence-electron chi connectivity index (χ1n) is 6.64. The van der Waals surface area contributed by atoms with Gasteiger partial charge in [0.2, 0.25) is 0 Å². The fourth-order valence-electron chi connectivity index (χ4n) is 2.57. The molecule has 1 amide bonds. The van der Waals surface area contributed by atoms with Crippen LogP contribution in [0.3, 0.4) is 0 Å². The summed E-state index contributed by atoms with van der Waals surface area (Å²) in [4.78, 5) is 12.0. The van der Waals surface area contributed by atoms with E-state index in [1.165, 1.54) is 0 Å². The first-order chi connectivity index (χ1) is 9.97. The number of halogens is 4. The van der Waals surface area contributed by atoms with Crippen molar-refractivity contribution < 1.29 is 18.3 Å². The lowest BCUT2D eigenvalue weighted by Gasteiger charge is -2.29. The van der Waals surface area contributed by atoms with Crippen LogP contribution in [0.1, 0.15) is 23.2 Å². The Morgan fingerprint density at radius 2 is 2.09 bits per heavy atom. The zero-order valence-electron chi connectivity index (χ0n) is 12.0. The van der Waals surface area contributed by atoms with Crippen LogP contribution in [0.2, 0.25) is 0 Å². The molecule has 0 bridgehead atoms. The average Bonchev–Trinajstić information content (AvgIpc) is 2.85. The Morgan fingerprint density at radius 3 is 2.59 bits per heavy atom. The maximum Gasteiger partial charge on any atom is 0.257 e. The van der Waals surface area contributed by atoms with Crippen LogP contribution in [0.15, 0.2) is 16.6 Å². The highest BCUT2D eigenvalue weighted by molar-refractivity contribution is 9.10. The van der Waals surface area contributed by atoms with Crippen LogP contribution in [0.25, 0.3) is 0 Å². The average molecular weight is 400 g/mol. The summed E-state index contributed by atoms with van der Waals surface area (Å²) in [7, 11) is 1.58. The molecule has 1 unspecified atom stereocenters. The largest absolute Gasteiger partial charge is 0.383 e. The van der Waals surface area contributed by atoms with E-state index in [9.17, 15) is 13.6 Å². The van der Waals surface area contributed by atoms with Crippen LogP contribution in [-0.4, -0.2) is 38.3 Å². The Bertz CT molecular complexity index is 517. The maximum absolute atomic E-state index is 13.7. The second-order valence-corrected chi connectivity index (χ2v) is 6.09. The van der Waals surface area contributed by atoms with E-state index in [1.54, 1.807) is 7.11 Å². The molecule has 1 aliphatic rings. The first kappa shape index (κ1) is 19.3. The van der Waals surface area contributed by atoms with Gasteiger partial charge in [0.25, 0.3) is 5.91 Å². The minimum Gasteiger partial charge on any atom is -0.383 e. The highest BCUT2D eigenvalue weighted by Gasteiger charge is 2.34. The van der Waals surface area contributed by atoms with E-state index in [2.05, 4.69) is 26.6 Å². The van der Waals surface area contributed by atoms with Crippen molar-refractivity contribution in [3.8, 4) is 0 Å². The summed E-state index contributed by atoms with van der Waals surface area (Å²) >= 11 is 2.98. The van der Waals surface area contributed by atoms with Gasteiger partial charge >= 0.3 is 0 Å². The van der Waals surface area contributed by atoms with Crippen molar-refractivity contribution in [3.63, 3.8) is 0 Å². The third-order valence-electron chi connectivity index (χ3n) is 3.57. The summed E-state index contributed by atoms with van der Waals surface area (Å²) < 4.78 is 32.9. The number of methoxy groups -OCH3 is 1. The normalized spacial score (nSPS) is 20.5. The van der Waals surface area contributed by atoms with Gasteiger partial charge in [0, 0.05) is 18.1 Å². The van der Waals surface area contributed by atoms with Crippen molar-refractivity contribution in [3.05, 3.63) is 33.8 Å². The molecule has 1 atom stereocenters. The molecule has 1 aromatic rings. The van der Waals surface area contributed by atoms with Gasteiger partial charge in [0.15, 0.2) is 0 Å². The van der Waals surface area contributed by atoms with Crippen molar-refractivity contribution >= 4 is 34.2 Å². The maximum atomic E-state index is 13.7. The van der Waals surface area contributed by atoms with Gasteiger partial charge in [-0.05, 0) is 31.5 Å². The highest BCUT2D eigenvalue weighted by atomic mass is 79.9. The molecule has 0 aromatic heterocycles. The minimum atomic E-state index is -0.889. The van der Waals surface area contributed by atoms with Gasteiger partial charge in [-0.3, -0.25) is 4.79 Å². The molecule has 4 nitrogen and oxygen atoms in total. The molecule has 124 valence electrons. The number of amides is 1. The molecule has 2 N–H and O–H groups in total. The van der Waals surface area contributed by atoms with E-state index in [-0.39, 0.29) is 29.0 Å². The van der Waals surface area contributed by atoms with Crippen LogP contribution >= 0.6 is 28.3 Å². The molecule has 2 rings (SSSR count). The standard InChI is InChI=1S/C14H17BrF2N2O2.ClH/c1-21-8-14(3-2-4-19-14)7-18-13(20)12-10(16)5-9(15)6-11(12)17;/h5-6,19H,2-4,7-8H2,1H3,(H,18,20);1H. The lowest BCUT2D eigenvalue weighted by molar-refractivity contribution is 0.0884. The van der Waals surface area contributed by atoms with E-state index < -0.39 is 23.1 Å². The van der Waals surface area contributed by atoms with Gasteiger partial charge in [0.1, 0.15) is 17.2 Å². The molecule has 1 aliphatic heterocycles. The predicted molar refractivity (Wildman–Crippen MR) is 85.5 cm³/mol. The fourth-order valence-corrected chi connectivity index (χ4v) is 2.97. The van der Waals surface area contributed by atoms with Crippen LogP contribution in [0.4, 0.5) is 8.78 Å². The summed E-state index contributed by atoms with van der Waals surface area (Å²) in [5.74, 6) is -2.54. The summed E-state index contributed by atoms with van der Waals surface area (Å²) in [6.45, 7) is 1.52. The van der Waals surface area contributed by atoms with Gasteiger partial charge in [-0.1, -0.05) is 15.9 Å². The number of hydrogen-bond acceptors (Lipinski definition) is 3. The molecule has 1 heterocycles. The van der Waals surface area contributed by atoms with Crippen molar-refractivity contribution in [2.24, 2.45) is 0 Å². The summed E-state index contributed by atoms with van der Waals surface area (Å²) in [5, 5.41) is 5.87. The highest BCUT2D eigenvalue weighted by Crippen LogP contribution is 2.21. The lowest BCUT2D eigenvalue weighted by Crippen LogP contribution is -2.53. The first-order valence-corrected chi connectivity index (χ1v) is 7.43. The van der Waals surface area contributed by atoms with Gasteiger partial charge < -0.3 is 15.4 Å². The number of nitrogens with one attached hydrogen (secondary N) is 2. The second kappa shape index (κ2) is 8.19. The summed E-state index contributed by atoms with van der Waals surface area (Å²) in [6, 6.07) is 2.13.